The second kappa shape index (κ2) is 6.34. The van der Waals surface area contributed by atoms with Gasteiger partial charge in [-0.2, -0.15) is 0 Å². The second-order valence-electron chi connectivity index (χ2n) is 5.93. The van der Waals surface area contributed by atoms with E-state index < -0.39 is 0 Å². The van der Waals surface area contributed by atoms with Gasteiger partial charge in [0.05, 0.1) is 5.60 Å². The van der Waals surface area contributed by atoms with Crippen molar-refractivity contribution < 1.29 is 9.53 Å². The van der Waals surface area contributed by atoms with Crippen molar-refractivity contribution >= 4 is 5.78 Å². The summed E-state index contributed by atoms with van der Waals surface area (Å²) in [5.74, 6) is 0.993. The van der Waals surface area contributed by atoms with E-state index in [1.807, 2.05) is 6.08 Å². The number of carbonyl (C=O) groups excluding carboxylic acids is 1. The summed E-state index contributed by atoms with van der Waals surface area (Å²) in [5, 5.41) is 0. The molecule has 0 aromatic rings. The Bertz CT molecular complexity index is 289. The second-order valence-corrected chi connectivity index (χ2v) is 5.93. The number of ketones is 1. The molecule has 0 aromatic heterocycles. The van der Waals surface area contributed by atoms with Crippen LogP contribution in [-0.4, -0.2) is 18.5 Å². The smallest absolute Gasteiger partial charge is 0.155 e. The van der Waals surface area contributed by atoms with Gasteiger partial charge in [0.25, 0.3) is 0 Å². The summed E-state index contributed by atoms with van der Waals surface area (Å²) in [5.41, 5.74) is 1.36. The Hall–Kier alpha value is -0.630. The molecule has 1 aliphatic carbocycles. The Morgan fingerprint density at radius 3 is 2.65 bits per heavy atom. The van der Waals surface area contributed by atoms with Gasteiger partial charge in [0, 0.05) is 13.5 Å². The molecule has 17 heavy (non-hydrogen) atoms. The monoisotopic (exact) mass is 238 g/mol. The summed E-state index contributed by atoms with van der Waals surface area (Å²) in [6, 6.07) is 0. The van der Waals surface area contributed by atoms with Crippen molar-refractivity contribution in [3.05, 3.63) is 11.6 Å². The summed E-state index contributed by atoms with van der Waals surface area (Å²) < 4.78 is 5.41. The van der Waals surface area contributed by atoms with Crippen molar-refractivity contribution in [1.82, 2.24) is 0 Å². The average molecular weight is 238 g/mol. The van der Waals surface area contributed by atoms with Crippen molar-refractivity contribution in [3.8, 4) is 0 Å². The molecule has 0 radical (unpaired) electrons. The van der Waals surface area contributed by atoms with Crippen LogP contribution in [-0.2, 0) is 9.53 Å². The fraction of sp³-hybridized carbons (Fsp3) is 0.800. The molecular weight excluding hydrogens is 212 g/mol. The van der Waals surface area contributed by atoms with E-state index in [1.54, 1.807) is 7.11 Å². The highest BCUT2D eigenvalue weighted by atomic mass is 16.5. The van der Waals surface area contributed by atoms with E-state index in [0.29, 0.717) is 11.7 Å². The van der Waals surface area contributed by atoms with Gasteiger partial charge in [-0.25, -0.2) is 0 Å². The van der Waals surface area contributed by atoms with Crippen molar-refractivity contribution in [2.24, 2.45) is 5.92 Å². The van der Waals surface area contributed by atoms with Gasteiger partial charge in [0.15, 0.2) is 5.78 Å². The molecule has 2 heteroatoms. The fourth-order valence-electron chi connectivity index (χ4n) is 2.34. The van der Waals surface area contributed by atoms with E-state index in [0.717, 1.165) is 25.7 Å². The molecule has 0 bridgehead atoms. The van der Waals surface area contributed by atoms with Crippen LogP contribution in [0.4, 0.5) is 0 Å². The molecule has 1 aliphatic rings. The van der Waals surface area contributed by atoms with Crippen LogP contribution in [0.15, 0.2) is 11.6 Å². The molecule has 0 spiro atoms. The molecule has 1 unspecified atom stereocenters. The first-order valence-electron chi connectivity index (χ1n) is 6.70. The zero-order chi connectivity index (χ0) is 12.9. The lowest BCUT2D eigenvalue weighted by Gasteiger charge is -2.23. The molecule has 0 saturated carbocycles. The number of rotatable bonds is 7. The standard InChI is InChI=1S/C15H26O2/c1-12(6-5-9-15(2,3)17-4)10-13-7-8-14(16)11-13/h11-12H,5-10H2,1-4H3. The molecule has 0 amide bonds. The SMILES string of the molecule is COC(C)(C)CCCC(C)CC1=CC(=O)CC1. The molecule has 0 heterocycles. The number of carbonyl (C=O) groups is 1. The molecule has 0 saturated heterocycles. The molecule has 0 aliphatic heterocycles. The van der Waals surface area contributed by atoms with E-state index in [4.69, 9.17) is 4.74 Å². The van der Waals surface area contributed by atoms with Crippen LogP contribution in [0.3, 0.4) is 0 Å². The van der Waals surface area contributed by atoms with Crippen LogP contribution in [0.2, 0.25) is 0 Å². The van der Waals surface area contributed by atoms with E-state index in [-0.39, 0.29) is 5.60 Å². The summed E-state index contributed by atoms with van der Waals surface area (Å²) in [4.78, 5) is 11.1. The average Bonchev–Trinajstić information content (AvgIpc) is 2.63. The summed E-state index contributed by atoms with van der Waals surface area (Å²) in [7, 11) is 1.78. The maximum absolute atomic E-state index is 11.1. The fourth-order valence-corrected chi connectivity index (χ4v) is 2.34. The third-order valence-corrected chi connectivity index (χ3v) is 3.70. The van der Waals surface area contributed by atoms with Crippen LogP contribution in [0, 0.1) is 5.92 Å². The van der Waals surface area contributed by atoms with Gasteiger partial charge in [-0.3, -0.25) is 4.79 Å². The third kappa shape index (κ3) is 5.49. The molecule has 0 aromatic carbocycles. The van der Waals surface area contributed by atoms with Crippen LogP contribution in [0.1, 0.15) is 59.3 Å². The normalized spacial score (nSPS) is 18.4. The van der Waals surface area contributed by atoms with Gasteiger partial charge < -0.3 is 4.74 Å². The zero-order valence-corrected chi connectivity index (χ0v) is 11.7. The highest BCUT2D eigenvalue weighted by Gasteiger charge is 2.17. The van der Waals surface area contributed by atoms with Crippen molar-refractivity contribution in [2.75, 3.05) is 7.11 Å². The quantitative estimate of drug-likeness (QED) is 0.672. The van der Waals surface area contributed by atoms with Crippen molar-refractivity contribution in [2.45, 2.75) is 64.9 Å². The maximum Gasteiger partial charge on any atom is 0.155 e. The first-order chi connectivity index (χ1) is 7.93. The largest absolute Gasteiger partial charge is 0.379 e. The Kier molecular flexibility index (Phi) is 5.38. The minimum absolute atomic E-state index is 0.00229. The van der Waals surface area contributed by atoms with Gasteiger partial charge in [-0.1, -0.05) is 25.3 Å². The maximum atomic E-state index is 11.1. The van der Waals surface area contributed by atoms with Crippen LogP contribution >= 0.6 is 0 Å². The Morgan fingerprint density at radius 1 is 1.41 bits per heavy atom. The first-order valence-corrected chi connectivity index (χ1v) is 6.70. The Balaban J connectivity index is 2.20. The molecule has 1 atom stereocenters. The first kappa shape index (κ1) is 14.4. The minimum Gasteiger partial charge on any atom is -0.379 e. The van der Waals surface area contributed by atoms with Crippen molar-refractivity contribution in [3.63, 3.8) is 0 Å². The predicted molar refractivity (Wildman–Crippen MR) is 71.0 cm³/mol. The van der Waals surface area contributed by atoms with E-state index >= 15 is 0 Å². The Morgan fingerprint density at radius 2 is 2.12 bits per heavy atom. The lowest BCUT2D eigenvalue weighted by atomic mass is 9.92. The van der Waals surface area contributed by atoms with Gasteiger partial charge in [0.2, 0.25) is 0 Å². The lowest BCUT2D eigenvalue weighted by molar-refractivity contribution is -0.114. The molecule has 2 nitrogen and oxygen atoms in total. The Labute approximate surface area is 105 Å². The van der Waals surface area contributed by atoms with Crippen LogP contribution in [0.25, 0.3) is 0 Å². The highest BCUT2D eigenvalue weighted by Crippen LogP contribution is 2.26. The lowest BCUT2D eigenvalue weighted by Crippen LogP contribution is -2.22. The van der Waals surface area contributed by atoms with Crippen LogP contribution in [0.5, 0.6) is 0 Å². The highest BCUT2D eigenvalue weighted by molar-refractivity contribution is 5.92. The summed E-state index contributed by atoms with van der Waals surface area (Å²) in [6.07, 6.45) is 8.20. The van der Waals surface area contributed by atoms with Gasteiger partial charge in [-0.05, 0) is 45.1 Å². The number of methoxy groups -OCH3 is 1. The van der Waals surface area contributed by atoms with Crippen LogP contribution < -0.4 is 0 Å². The predicted octanol–water partition coefficient (Wildman–Crippen LogP) is 3.90. The van der Waals surface area contributed by atoms with E-state index in [2.05, 4.69) is 20.8 Å². The molecule has 0 fully saturated rings. The molecule has 1 rings (SSSR count). The topological polar surface area (TPSA) is 26.3 Å². The minimum atomic E-state index is 0.00229. The number of hydrogen-bond acceptors (Lipinski definition) is 2. The summed E-state index contributed by atoms with van der Waals surface area (Å²) >= 11 is 0. The molecular formula is C15H26O2. The van der Waals surface area contributed by atoms with E-state index in [9.17, 15) is 4.79 Å². The number of allylic oxidation sites excluding steroid dienone is 2. The molecule has 98 valence electrons. The number of ether oxygens (including phenoxy) is 1. The van der Waals surface area contributed by atoms with E-state index in [1.165, 1.54) is 18.4 Å². The number of hydrogen-bond donors (Lipinski definition) is 0. The van der Waals surface area contributed by atoms with Gasteiger partial charge in [-0.15, -0.1) is 0 Å². The van der Waals surface area contributed by atoms with Crippen molar-refractivity contribution in [1.29, 1.82) is 0 Å². The third-order valence-electron chi connectivity index (χ3n) is 3.70. The molecule has 0 N–H and O–H groups in total. The zero-order valence-electron chi connectivity index (χ0n) is 11.7. The van der Waals surface area contributed by atoms with Gasteiger partial charge in [0.1, 0.15) is 0 Å². The van der Waals surface area contributed by atoms with Gasteiger partial charge >= 0.3 is 0 Å². The summed E-state index contributed by atoms with van der Waals surface area (Å²) in [6.45, 7) is 6.55.